The maximum atomic E-state index is 11.9. The second-order valence-corrected chi connectivity index (χ2v) is 5.81. The van der Waals surface area contributed by atoms with Crippen LogP contribution < -0.4 is 0 Å². The zero-order valence-electron chi connectivity index (χ0n) is 9.05. The molecule has 0 saturated carbocycles. The third kappa shape index (κ3) is 2.83. The Morgan fingerprint density at radius 2 is 2.06 bits per heavy atom. The molecule has 8 heteroatoms. The van der Waals surface area contributed by atoms with Gasteiger partial charge in [0.1, 0.15) is 0 Å². The summed E-state index contributed by atoms with van der Waals surface area (Å²) in [6.45, 7) is 0. The first-order valence-electron chi connectivity index (χ1n) is 4.36. The predicted molar refractivity (Wildman–Crippen MR) is 63.1 cm³/mol. The first-order chi connectivity index (χ1) is 7.80. The minimum Gasteiger partial charge on any atom is -0.478 e. The van der Waals surface area contributed by atoms with Gasteiger partial charge in [0.15, 0.2) is 0 Å². The van der Waals surface area contributed by atoms with Gasteiger partial charge in [0.05, 0.1) is 17.6 Å². The van der Waals surface area contributed by atoms with Crippen LogP contribution in [0, 0.1) is 0 Å². The molecule has 6 nitrogen and oxygen atoms in total. The molecule has 0 saturated heterocycles. The van der Waals surface area contributed by atoms with Crippen LogP contribution in [-0.2, 0) is 14.9 Å². The quantitative estimate of drug-likeness (QED) is 0.845. The maximum Gasteiger partial charge on any atom is 0.335 e. The molecule has 1 rings (SSSR count). The van der Waals surface area contributed by atoms with E-state index in [2.05, 4.69) is 20.8 Å². The zero-order chi connectivity index (χ0) is 13.2. The molecule has 0 radical (unpaired) electrons. The van der Waals surface area contributed by atoms with E-state index >= 15 is 0 Å². The first-order valence-corrected chi connectivity index (χ1v) is 6.60. The van der Waals surface area contributed by atoms with Crippen LogP contribution in [0.3, 0.4) is 0 Å². The number of hydroxylamine groups is 1. The maximum absolute atomic E-state index is 11.9. The molecular formula is C9H10BrNO5S. The molecule has 0 unspecified atom stereocenters. The van der Waals surface area contributed by atoms with E-state index in [9.17, 15) is 13.2 Å². The van der Waals surface area contributed by atoms with Crippen molar-refractivity contribution in [2.75, 3.05) is 14.2 Å². The number of rotatable bonds is 4. The highest BCUT2D eigenvalue weighted by Gasteiger charge is 2.24. The van der Waals surface area contributed by atoms with Crippen LogP contribution in [0.5, 0.6) is 0 Å². The predicted octanol–water partition coefficient (Wildman–Crippen LogP) is 1.33. The highest BCUT2D eigenvalue weighted by atomic mass is 79.9. The molecule has 0 atom stereocenters. The van der Waals surface area contributed by atoms with E-state index in [1.807, 2.05) is 0 Å². The largest absolute Gasteiger partial charge is 0.478 e. The van der Waals surface area contributed by atoms with Crippen molar-refractivity contribution in [3.63, 3.8) is 0 Å². The van der Waals surface area contributed by atoms with E-state index in [-0.39, 0.29) is 14.9 Å². The highest BCUT2D eigenvalue weighted by Crippen LogP contribution is 2.25. The van der Waals surface area contributed by atoms with E-state index in [1.54, 1.807) is 0 Å². The minimum atomic E-state index is -3.79. The number of carboxylic acids is 1. The van der Waals surface area contributed by atoms with Crippen LogP contribution in [0.15, 0.2) is 27.6 Å². The molecule has 94 valence electrons. The van der Waals surface area contributed by atoms with Crippen LogP contribution in [-0.4, -0.2) is 38.1 Å². The van der Waals surface area contributed by atoms with Gasteiger partial charge < -0.3 is 5.11 Å². The van der Waals surface area contributed by atoms with Gasteiger partial charge in [-0.1, -0.05) is 4.47 Å². The summed E-state index contributed by atoms with van der Waals surface area (Å²) in [4.78, 5) is 15.2. The Hall–Kier alpha value is -0.960. The molecule has 0 bridgehead atoms. The van der Waals surface area contributed by atoms with Crippen LogP contribution in [0.1, 0.15) is 10.4 Å². The van der Waals surface area contributed by atoms with Gasteiger partial charge in [-0.25, -0.2) is 13.2 Å². The molecule has 0 aliphatic rings. The summed E-state index contributed by atoms with van der Waals surface area (Å²) in [5.41, 5.74) is -0.00380. The Balaban J connectivity index is 3.31. The Kier molecular flexibility index (Phi) is 4.26. The molecule has 0 amide bonds. The van der Waals surface area contributed by atoms with Gasteiger partial charge in [0.25, 0.3) is 10.0 Å². The molecule has 0 aromatic heterocycles. The van der Waals surface area contributed by atoms with Crippen LogP contribution in [0.2, 0.25) is 0 Å². The number of sulfonamides is 1. The standard InChI is InChI=1S/C9H10BrNO5S/c1-11(16-2)17(14,15)8-4-3-6(9(12)13)5-7(8)10/h3-5H,1-2H3,(H,12,13). The lowest BCUT2D eigenvalue weighted by atomic mass is 10.2. The molecular weight excluding hydrogens is 314 g/mol. The number of halogens is 1. The second kappa shape index (κ2) is 5.13. The van der Waals surface area contributed by atoms with Crippen LogP contribution in [0.4, 0.5) is 0 Å². The van der Waals surface area contributed by atoms with E-state index in [0.717, 1.165) is 0 Å². The second-order valence-electron chi connectivity index (χ2n) is 3.05. The summed E-state index contributed by atoms with van der Waals surface area (Å²) in [7, 11) is -1.33. The van der Waals surface area contributed by atoms with Crippen LogP contribution >= 0.6 is 15.9 Å². The van der Waals surface area contributed by atoms with E-state index in [4.69, 9.17) is 5.11 Å². The SMILES string of the molecule is CON(C)S(=O)(=O)c1ccc(C(=O)O)cc1Br. The van der Waals surface area contributed by atoms with Gasteiger partial charge >= 0.3 is 5.97 Å². The average Bonchev–Trinajstić information content (AvgIpc) is 2.27. The number of nitrogens with zero attached hydrogens (tertiary/aromatic N) is 1. The summed E-state index contributed by atoms with van der Waals surface area (Å²) in [5.74, 6) is -1.13. The molecule has 17 heavy (non-hydrogen) atoms. The van der Waals surface area contributed by atoms with Gasteiger partial charge in [-0.05, 0) is 34.1 Å². The van der Waals surface area contributed by atoms with Crippen molar-refractivity contribution in [3.8, 4) is 0 Å². The fraction of sp³-hybridized carbons (Fsp3) is 0.222. The van der Waals surface area contributed by atoms with E-state index in [1.165, 1.54) is 32.4 Å². The summed E-state index contributed by atoms with van der Waals surface area (Å²) >= 11 is 3.02. The number of carboxylic acid groups (broad SMARTS) is 1. The Labute approximate surface area is 107 Å². The fourth-order valence-corrected chi connectivity index (χ4v) is 3.09. The summed E-state index contributed by atoms with van der Waals surface area (Å²) in [6.07, 6.45) is 0. The third-order valence-corrected chi connectivity index (χ3v) is 4.71. The van der Waals surface area contributed by atoms with Crippen molar-refractivity contribution in [2.24, 2.45) is 0 Å². The fourth-order valence-electron chi connectivity index (χ4n) is 1.08. The Morgan fingerprint density at radius 3 is 2.47 bits per heavy atom. The Bertz CT molecular complexity index is 542. The summed E-state index contributed by atoms with van der Waals surface area (Å²) < 4.78 is 24.6. The highest BCUT2D eigenvalue weighted by molar-refractivity contribution is 9.10. The average molecular weight is 324 g/mol. The van der Waals surface area contributed by atoms with Gasteiger partial charge in [-0.15, -0.1) is 0 Å². The van der Waals surface area contributed by atoms with Crippen LogP contribution in [0.25, 0.3) is 0 Å². The van der Waals surface area contributed by atoms with E-state index in [0.29, 0.717) is 4.47 Å². The third-order valence-electron chi connectivity index (χ3n) is 2.05. The number of benzene rings is 1. The van der Waals surface area contributed by atoms with Crippen molar-refractivity contribution in [1.82, 2.24) is 4.47 Å². The van der Waals surface area contributed by atoms with Gasteiger partial charge in [-0.2, -0.15) is 0 Å². The van der Waals surface area contributed by atoms with E-state index < -0.39 is 16.0 Å². The summed E-state index contributed by atoms with van der Waals surface area (Å²) in [6, 6.07) is 3.64. The molecule has 0 spiro atoms. The molecule has 0 aliphatic carbocycles. The smallest absolute Gasteiger partial charge is 0.335 e. The number of carbonyl (C=O) groups is 1. The lowest BCUT2D eigenvalue weighted by Crippen LogP contribution is -2.26. The molecule has 0 fully saturated rings. The summed E-state index contributed by atoms with van der Waals surface area (Å²) in [5, 5.41) is 8.75. The first kappa shape index (κ1) is 14.1. The topological polar surface area (TPSA) is 83.9 Å². The monoisotopic (exact) mass is 323 g/mol. The van der Waals surface area contributed by atoms with Crippen molar-refractivity contribution < 1.29 is 23.2 Å². The van der Waals surface area contributed by atoms with Crippen molar-refractivity contribution in [2.45, 2.75) is 4.90 Å². The lowest BCUT2D eigenvalue weighted by molar-refractivity contribution is -0.0259. The van der Waals surface area contributed by atoms with Gasteiger partial charge in [-0.3, -0.25) is 4.84 Å². The zero-order valence-corrected chi connectivity index (χ0v) is 11.4. The number of aromatic carboxylic acids is 1. The molecule has 0 aliphatic heterocycles. The molecule has 1 N–H and O–H groups in total. The van der Waals surface area contributed by atoms with Crippen molar-refractivity contribution >= 4 is 31.9 Å². The Morgan fingerprint density at radius 1 is 1.47 bits per heavy atom. The molecule has 1 aromatic carbocycles. The molecule has 1 aromatic rings. The number of hydrogen-bond donors (Lipinski definition) is 1. The van der Waals surface area contributed by atoms with Crippen molar-refractivity contribution in [1.29, 1.82) is 0 Å². The lowest BCUT2D eigenvalue weighted by Gasteiger charge is -2.15. The van der Waals surface area contributed by atoms with Crippen molar-refractivity contribution in [3.05, 3.63) is 28.2 Å². The minimum absolute atomic E-state index is 0.00380. The van der Waals surface area contributed by atoms with Gasteiger partial charge in [0.2, 0.25) is 0 Å². The van der Waals surface area contributed by atoms with Gasteiger partial charge in [0, 0.05) is 11.5 Å². The number of hydrogen-bond acceptors (Lipinski definition) is 4. The molecule has 0 heterocycles. The normalized spacial score (nSPS) is 11.8.